The predicted octanol–water partition coefficient (Wildman–Crippen LogP) is 4.03. The van der Waals surface area contributed by atoms with Gasteiger partial charge in [0.2, 0.25) is 5.91 Å². The molecule has 3 rings (SSSR count). The van der Waals surface area contributed by atoms with Crippen LogP contribution in [-0.2, 0) is 14.6 Å². The topological polar surface area (TPSA) is 54.5 Å². The van der Waals surface area contributed by atoms with E-state index in [1.54, 1.807) is 11.0 Å². The number of nitrogens with zero attached hydrogens (tertiary/aromatic N) is 1. The lowest BCUT2D eigenvalue weighted by atomic mass is 9.87. The number of carbonyl (C=O) groups excluding carboxylic acids is 1. The van der Waals surface area contributed by atoms with Gasteiger partial charge in [-0.15, -0.1) is 0 Å². The van der Waals surface area contributed by atoms with E-state index in [9.17, 15) is 13.2 Å². The average Bonchev–Trinajstić information content (AvgIpc) is 2.96. The number of amides is 1. The van der Waals surface area contributed by atoms with Crippen molar-refractivity contribution in [3.05, 3.63) is 41.3 Å². The number of benzene rings is 1. The summed E-state index contributed by atoms with van der Waals surface area (Å²) >= 11 is 0. The molecule has 1 saturated carbocycles. The van der Waals surface area contributed by atoms with Gasteiger partial charge in [-0.05, 0) is 42.5 Å². The minimum absolute atomic E-state index is 0.00947. The van der Waals surface area contributed by atoms with Crippen LogP contribution in [0.2, 0.25) is 0 Å². The van der Waals surface area contributed by atoms with E-state index in [-0.39, 0.29) is 17.6 Å². The van der Waals surface area contributed by atoms with Gasteiger partial charge in [-0.2, -0.15) is 0 Å². The first-order valence-corrected chi connectivity index (χ1v) is 10.9. The Kier molecular flexibility index (Phi) is 5.32. The standard InChI is InChI=1S/C20H27NO3S/c1-15(2)16-8-10-18(11-9-16)21(19-12-13-25(23,24)14-19)20(22)17-6-4-3-5-7-17/h8-13,15,17,19H,3-7,14H2,1-2H3/t19-/m1/s1. The molecule has 1 fully saturated rings. The summed E-state index contributed by atoms with van der Waals surface area (Å²) in [5, 5.41) is 1.25. The number of hydrogen-bond acceptors (Lipinski definition) is 3. The van der Waals surface area contributed by atoms with E-state index in [2.05, 4.69) is 13.8 Å². The second-order valence-corrected chi connectivity index (χ2v) is 9.45. The highest BCUT2D eigenvalue weighted by atomic mass is 32.2. The van der Waals surface area contributed by atoms with Gasteiger partial charge in [-0.3, -0.25) is 4.79 Å². The highest BCUT2D eigenvalue weighted by Gasteiger charge is 2.35. The Bertz CT molecular complexity index is 744. The Morgan fingerprint density at radius 3 is 2.24 bits per heavy atom. The molecule has 0 unspecified atom stereocenters. The second kappa shape index (κ2) is 7.32. The zero-order valence-electron chi connectivity index (χ0n) is 15.0. The van der Waals surface area contributed by atoms with Crippen LogP contribution in [0.1, 0.15) is 57.4 Å². The van der Waals surface area contributed by atoms with Crippen LogP contribution < -0.4 is 4.90 Å². The van der Waals surface area contributed by atoms with Gasteiger partial charge in [-0.1, -0.05) is 45.2 Å². The van der Waals surface area contributed by atoms with Crippen LogP contribution >= 0.6 is 0 Å². The minimum Gasteiger partial charge on any atom is -0.304 e. The van der Waals surface area contributed by atoms with Gasteiger partial charge in [0.05, 0.1) is 11.8 Å². The number of rotatable bonds is 4. The zero-order valence-corrected chi connectivity index (χ0v) is 15.8. The van der Waals surface area contributed by atoms with Crippen LogP contribution in [0.3, 0.4) is 0 Å². The number of carbonyl (C=O) groups is 1. The third-order valence-corrected chi connectivity index (χ3v) is 6.65. The predicted molar refractivity (Wildman–Crippen MR) is 101 cm³/mol. The van der Waals surface area contributed by atoms with E-state index >= 15 is 0 Å². The molecular weight excluding hydrogens is 334 g/mol. The monoisotopic (exact) mass is 361 g/mol. The Hall–Kier alpha value is -1.62. The summed E-state index contributed by atoms with van der Waals surface area (Å²) in [5.74, 6) is 0.486. The maximum absolute atomic E-state index is 13.2. The SMILES string of the molecule is CC(C)c1ccc(N(C(=O)C2CCCCC2)[C@@H]2C=CS(=O)(=O)C2)cc1. The van der Waals surface area contributed by atoms with Crippen LogP contribution in [0, 0.1) is 5.92 Å². The first-order valence-electron chi connectivity index (χ1n) is 9.21. The Balaban J connectivity index is 1.91. The molecule has 0 bridgehead atoms. The molecule has 1 aromatic rings. The quantitative estimate of drug-likeness (QED) is 0.813. The summed E-state index contributed by atoms with van der Waals surface area (Å²) in [7, 11) is -3.21. The first kappa shape index (κ1) is 18.2. The molecule has 1 aliphatic carbocycles. The molecule has 0 spiro atoms. The minimum atomic E-state index is -3.21. The smallest absolute Gasteiger partial charge is 0.230 e. The fourth-order valence-electron chi connectivity index (χ4n) is 3.77. The summed E-state index contributed by atoms with van der Waals surface area (Å²) in [6.45, 7) is 4.26. The molecule has 1 heterocycles. The van der Waals surface area contributed by atoms with Crippen LogP contribution in [0.5, 0.6) is 0 Å². The highest BCUT2D eigenvalue weighted by Crippen LogP contribution is 2.31. The van der Waals surface area contributed by atoms with Crippen molar-refractivity contribution in [3.8, 4) is 0 Å². The average molecular weight is 362 g/mol. The van der Waals surface area contributed by atoms with Crippen molar-refractivity contribution < 1.29 is 13.2 Å². The molecule has 0 saturated heterocycles. The van der Waals surface area contributed by atoms with Gasteiger partial charge in [-0.25, -0.2) is 8.42 Å². The van der Waals surface area contributed by atoms with Crippen molar-refractivity contribution >= 4 is 21.4 Å². The van der Waals surface area contributed by atoms with Crippen LogP contribution in [0.15, 0.2) is 35.7 Å². The number of anilines is 1. The van der Waals surface area contributed by atoms with E-state index in [1.165, 1.54) is 17.4 Å². The molecule has 0 aromatic heterocycles. The number of sulfone groups is 1. The van der Waals surface area contributed by atoms with Crippen molar-refractivity contribution in [2.24, 2.45) is 5.92 Å². The fourth-order valence-corrected chi connectivity index (χ4v) is 5.04. The van der Waals surface area contributed by atoms with Gasteiger partial charge in [0.1, 0.15) is 0 Å². The van der Waals surface area contributed by atoms with Crippen molar-refractivity contribution in [1.29, 1.82) is 0 Å². The Labute approximate surface area is 150 Å². The molecular formula is C20H27NO3S. The van der Waals surface area contributed by atoms with Gasteiger partial charge < -0.3 is 4.90 Å². The molecule has 25 heavy (non-hydrogen) atoms. The molecule has 4 nitrogen and oxygen atoms in total. The lowest BCUT2D eigenvalue weighted by Gasteiger charge is -2.33. The van der Waals surface area contributed by atoms with Crippen molar-refractivity contribution in [2.45, 2.75) is 57.9 Å². The molecule has 1 amide bonds. The van der Waals surface area contributed by atoms with E-state index in [1.807, 2.05) is 24.3 Å². The summed E-state index contributed by atoms with van der Waals surface area (Å²) in [4.78, 5) is 14.9. The van der Waals surface area contributed by atoms with Gasteiger partial charge in [0, 0.05) is 17.0 Å². The van der Waals surface area contributed by atoms with Gasteiger partial charge in [0.25, 0.3) is 0 Å². The molecule has 0 N–H and O–H groups in total. The summed E-state index contributed by atoms with van der Waals surface area (Å²) in [5.41, 5.74) is 2.01. The molecule has 0 radical (unpaired) electrons. The van der Waals surface area contributed by atoms with Crippen molar-refractivity contribution in [2.75, 3.05) is 10.7 Å². The Morgan fingerprint density at radius 1 is 1.08 bits per heavy atom. The summed E-state index contributed by atoms with van der Waals surface area (Å²) < 4.78 is 23.8. The molecule has 1 aromatic carbocycles. The van der Waals surface area contributed by atoms with Crippen LogP contribution in [0.25, 0.3) is 0 Å². The molecule has 1 aliphatic heterocycles. The third-order valence-electron chi connectivity index (χ3n) is 5.27. The largest absolute Gasteiger partial charge is 0.304 e. The normalized spacial score (nSPS) is 23.1. The second-order valence-electron chi connectivity index (χ2n) is 7.51. The lowest BCUT2D eigenvalue weighted by molar-refractivity contribution is -0.123. The van der Waals surface area contributed by atoms with Gasteiger partial charge in [0.15, 0.2) is 9.84 Å². The van der Waals surface area contributed by atoms with E-state index < -0.39 is 15.9 Å². The van der Waals surface area contributed by atoms with Crippen molar-refractivity contribution in [3.63, 3.8) is 0 Å². The first-order chi connectivity index (χ1) is 11.9. The van der Waals surface area contributed by atoms with Gasteiger partial charge >= 0.3 is 0 Å². The summed E-state index contributed by atoms with van der Waals surface area (Å²) in [6, 6.07) is 7.58. The van der Waals surface area contributed by atoms with Crippen molar-refractivity contribution in [1.82, 2.24) is 0 Å². The summed E-state index contributed by atoms with van der Waals surface area (Å²) in [6.07, 6.45) is 6.81. The fraction of sp³-hybridized carbons (Fsp3) is 0.550. The highest BCUT2D eigenvalue weighted by molar-refractivity contribution is 7.94. The zero-order chi connectivity index (χ0) is 18.0. The number of hydrogen-bond donors (Lipinski definition) is 0. The maximum Gasteiger partial charge on any atom is 0.230 e. The van der Waals surface area contributed by atoms with Crippen LogP contribution in [0.4, 0.5) is 5.69 Å². The van der Waals surface area contributed by atoms with E-state index in [4.69, 9.17) is 0 Å². The van der Waals surface area contributed by atoms with E-state index in [0.29, 0.717) is 5.92 Å². The van der Waals surface area contributed by atoms with Crippen LogP contribution in [-0.4, -0.2) is 26.1 Å². The molecule has 1 atom stereocenters. The lowest BCUT2D eigenvalue weighted by Crippen LogP contribution is -2.45. The maximum atomic E-state index is 13.2. The molecule has 2 aliphatic rings. The molecule has 5 heteroatoms. The molecule has 136 valence electrons. The Morgan fingerprint density at radius 2 is 1.72 bits per heavy atom. The third kappa shape index (κ3) is 4.14. The van der Waals surface area contributed by atoms with E-state index in [0.717, 1.165) is 31.4 Å².